The number of rotatable bonds is 0. The van der Waals surface area contributed by atoms with Crippen molar-refractivity contribution in [2.24, 2.45) is 0 Å². The van der Waals surface area contributed by atoms with Crippen LogP contribution in [0, 0.1) is 0 Å². The zero-order valence-corrected chi connectivity index (χ0v) is 5.62. The van der Waals surface area contributed by atoms with Crippen LogP contribution in [0.4, 0.5) is 0 Å². The molecule has 2 rings (SSSR count). The Morgan fingerprint density at radius 2 is 1.50 bits per heavy atom. The second-order valence-corrected chi connectivity index (χ2v) is 3.02. The summed E-state index contributed by atoms with van der Waals surface area (Å²) in [6.45, 7) is 1.52. The van der Waals surface area contributed by atoms with Gasteiger partial charge in [0, 0.05) is 25.2 Å². The molecular weight excluding hydrogens is 132 g/mol. The Hall–Kier alpha value is -0.160. The first-order valence-corrected chi connectivity index (χ1v) is 3.62. The molecule has 4 atom stereocenters. The molecule has 0 saturated carbocycles. The zero-order chi connectivity index (χ0) is 7.14. The first-order valence-electron chi connectivity index (χ1n) is 3.62. The number of fused-ring (bicyclic) bond motifs is 2. The van der Waals surface area contributed by atoms with E-state index in [0.29, 0.717) is 0 Å². The van der Waals surface area contributed by atoms with Gasteiger partial charge in [0.1, 0.15) is 0 Å². The maximum absolute atomic E-state index is 9.32. The highest BCUT2D eigenvalue weighted by Gasteiger charge is 2.42. The van der Waals surface area contributed by atoms with E-state index in [1.807, 2.05) is 0 Å². The standard InChI is InChI=1S/C6H12N2O2/c9-5-3-1-7-2-4(8-3)6(5)10/h3-10H,1-2H2. The first-order chi connectivity index (χ1) is 4.79. The van der Waals surface area contributed by atoms with Gasteiger partial charge in [0.2, 0.25) is 0 Å². The Balaban J connectivity index is 2.13. The summed E-state index contributed by atoms with van der Waals surface area (Å²) in [5, 5.41) is 24.9. The summed E-state index contributed by atoms with van der Waals surface area (Å²) < 4.78 is 0. The van der Waals surface area contributed by atoms with Crippen LogP contribution in [0.25, 0.3) is 0 Å². The molecule has 2 aliphatic rings. The van der Waals surface area contributed by atoms with E-state index in [1.54, 1.807) is 0 Å². The lowest BCUT2D eigenvalue weighted by molar-refractivity contribution is 0.0352. The van der Waals surface area contributed by atoms with Crippen molar-refractivity contribution in [3.05, 3.63) is 0 Å². The zero-order valence-electron chi connectivity index (χ0n) is 5.62. The van der Waals surface area contributed by atoms with E-state index in [9.17, 15) is 10.2 Å². The number of aliphatic hydroxyl groups is 2. The fourth-order valence-corrected chi connectivity index (χ4v) is 1.70. The minimum absolute atomic E-state index is 0.0498. The van der Waals surface area contributed by atoms with Crippen molar-refractivity contribution in [3.8, 4) is 0 Å². The molecule has 2 fully saturated rings. The predicted octanol–water partition coefficient (Wildman–Crippen LogP) is -2.35. The van der Waals surface area contributed by atoms with Gasteiger partial charge in [0.15, 0.2) is 0 Å². The summed E-state index contributed by atoms with van der Waals surface area (Å²) in [6.07, 6.45) is -1.17. The van der Waals surface area contributed by atoms with E-state index < -0.39 is 12.2 Å². The molecule has 2 bridgehead atoms. The van der Waals surface area contributed by atoms with E-state index >= 15 is 0 Å². The average molecular weight is 144 g/mol. The minimum Gasteiger partial charge on any atom is -0.389 e. The molecule has 2 aliphatic heterocycles. The van der Waals surface area contributed by atoms with Crippen LogP contribution in [0.15, 0.2) is 0 Å². The largest absolute Gasteiger partial charge is 0.389 e. The molecule has 58 valence electrons. The molecule has 0 amide bonds. The molecule has 0 radical (unpaired) electrons. The molecule has 2 saturated heterocycles. The van der Waals surface area contributed by atoms with Gasteiger partial charge in [-0.05, 0) is 0 Å². The van der Waals surface area contributed by atoms with Gasteiger partial charge in [-0.3, -0.25) is 0 Å². The van der Waals surface area contributed by atoms with Gasteiger partial charge in [0.25, 0.3) is 0 Å². The summed E-state index contributed by atoms with van der Waals surface area (Å²) >= 11 is 0. The van der Waals surface area contributed by atoms with E-state index in [2.05, 4.69) is 10.6 Å². The number of aliphatic hydroxyl groups excluding tert-OH is 2. The third-order valence-electron chi connectivity index (χ3n) is 2.33. The van der Waals surface area contributed by atoms with Crippen LogP contribution in [-0.4, -0.2) is 47.6 Å². The quantitative estimate of drug-likeness (QED) is 0.307. The summed E-state index contributed by atoms with van der Waals surface area (Å²) in [5.74, 6) is 0. The van der Waals surface area contributed by atoms with Crippen LogP contribution >= 0.6 is 0 Å². The van der Waals surface area contributed by atoms with Crippen LogP contribution in [0.5, 0.6) is 0 Å². The maximum Gasteiger partial charge on any atom is 0.0979 e. The van der Waals surface area contributed by atoms with Crippen molar-refractivity contribution < 1.29 is 10.2 Å². The normalized spacial score (nSPS) is 53.4. The third-order valence-corrected chi connectivity index (χ3v) is 2.33. The number of hydrogen-bond acceptors (Lipinski definition) is 4. The fraction of sp³-hybridized carbons (Fsp3) is 1.00. The van der Waals surface area contributed by atoms with Crippen LogP contribution in [-0.2, 0) is 0 Å². The molecule has 0 aromatic carbocycles. The van der Waals surface area contributed by atoms with Crippen molar-refractivity contribution in [3.63, 3.8) is 0 Å². The van der Waals surface area contributed by atoms with Crippen molar-refractivity contribution in [1.29, 1.82) is 0 Å². The van der Waals surface area contributed by atoms with Crippen molar-refractivity contribution >= 4 is 0 Å². The highest BCUT2D eigenvalue weighted by Crippen LogP contribution is 2.16. The van der Waals surface area contributed by atoms with Gasteiger partial charge in [0.05, 0.1) is 12.2 Å². The van der Waals surface area contributed by atoms with E-state index in [1.165, 1.54) is 0 Å². The number of piperazine rings is 1. The Labute approximate surface area is 59.2 Å². The smallest absolute Gasteiger partial charge is 0.0979 e. The second kappa shape index (κ2) is 2.17. The van der Waals surface area contributed by atoms with Crippen LogP contribution in [0.1, 0.15) is 0 Å². The van der Waals surface area contributed by atoms with Crippen molar-refractivity contribution in [1.82, 2.24) is 10.6 Å². The van der Waals surface area contributed by atoms with Gasteiger partial charge < -0.3 is 20.8 Å². The summed E-state index contributed by atoms with van der Waals surface area (Å²) in [5.41, 5.74) is 0. The third kappa shape index (κ3) is 0.769. The van der Waals surface area contributed by atoms with Crippen LogP contribution < -0.4 is 10.6 Å². The topological polar surface area (TPSA) is 64.5 Å². The number of hydrogen-bond donors (Lipinski definition) is 4. The Kier molecular flexibility index (Phi) is 1.42. The molecule has 2 heterocycles. The molecule has 4 nitrogen and oxygen atoms in total. The fourth-order valence-electron chi connectivity index (χ4n) is 1.70. The summed E-state index contributed by atoms with van der Waals surface area (Å²) in [4.78, 5) is 0. The molecule has 4 unspecified atom stereocenters. The SMILES string of the molecule is OC1C2CNCC(N2)C1O. The number of nitrogens with one attached hydrogen (secondary N) is 2. The summed E-state index contributed by atoms with van der Waals surface area (Å²) in [7, 11) is 0. The Morgan fingerprint density at radius 1 is 1.00 bits per heavy atom. The highest BCUT2D eigenvalue weighted by atomic mass is 16.3. The van der Waals surface area contributed by atoms with E-state index in [4.69, 9.17) is 0 Å². The van der Waals surface area contributed by atoms with Gasteiger partial charge in [-0.1, -0.05) is 0 Å². The molecular formula is C6H12N2O2. The van der Waals surface area contributed by atoms with Gasteiger partial charge in [-0.25, -0.2) is 0 Å². The van der Waals surface area contributed by atoms with Crippen LogP contribution in [0.2, 0.25) is 0 Å². The highest BCUT2D eigenvalue weighted by molar-refractivity contribution is 5.03. The molecule has 4 heteroatoms. The van der Waals surface area contributed by atoms with Crippen LogP contribution in [0.3, 0.4) is 0 Å². The van der Waals surface area contributed by atoms with Crippen molar-refractivity contribution in [2.45, 2.75) is 24.3 Å². The monoisotopic (exact) mass is 144 g/mol. The lowest BCUT2D eigenvalue weighted by Crippen LogP contribution is -2.51. The molecule has 0 spiro atoms. The van der Waals surface area contributed by atoms with E-state index in [0.717, 1.165) is 13.1 Å². The van der Waals surface area contributed by atoms with Gasteiger partial charge in [-0.2, -0.15) is 0 Å². The summed E-state index contributed by atoms with van der Waals surface area (Å²) in [6, 6.07) is 0.0995. The minimum atomic E-state index is -0.583. The second-order valence-electron chi connectivity index (χ2n) is 3.02. The van der Waals surface area contributed by atoms with Gasteiger partial charge >= 0.3 is 0 Å². The predicted molar refractivity (Wildman–Crippen MR) is 35.6 cm³/mol. The molecule has 4 N–H and O–H groups in total. The van der Waals surface area contributed by atoms with E-state index in [-0.39, 0.29) is 12.1 Å². The van der Waals surface area contributed by atoms with Crippen molar-refractivity contribution in [2.75, 3.05) is 13.1 Å². The first kappa shape index (κ1) is 6.54. The lowest BCUT2D eigenvalue weighted by Gasteiger charge is -2.21. The Bertz CT molecular complexity index is 124. The molecule has 0 aliphatic carbocycles. The van der Waals surface area contributed by atoms with Gasteiger partial charge in [-0.15, -0.1) is 0 Å². The maximum atomic E-state index is 9.32. The molecule has 10 heavy (non-hydrogen) atoms. The Morgan fingerprint density at radius 3 is 1.90 bits per heavy atom. The molecule has 0 aromatic heterocycles. The molecule has 0 aromatic rings. The lowest BCUT2D eigenvalue weighted by atomic mass is 10.1. The average Bonchev–Trinajstić information content (AvgIpc) is 2.17.